The molecule has 1 atom stereocenters. The molecule has 0 spiro atoms. The molecule has 1 N–H and O–H groups in total. The number of benzene rings is 1. The number of hydrogen-bond donors (Lipinski definition) is 1. The molecule has 4 fully saturated rings. The Balaban J connectivity index is 1.20. The van der Waals surface area contributed by atoms with Gasteiger partial charge in [-0.3, -0.25) is 9.69 Å². The molecule has 0 aromatic heterocycles. The van der Waals surface area contributed by atoms with Gasteiger partial charge in [-0.1, -0.05) is 24.3 Å². The predicted octanol–water partition coefficient (Wildman–Crippen LogP) is 3.77. The fraction of sp³-hybridized carbons (Fsp3) is 0.696. The molecule has 1 aliphatic heterocycles. The predicted molar refractivity (Wildman–Crippen MR) is 104 cm³/mol. The number of carbonyl (C=O) groups is 1. The van der Waals surface area contributed by atoms with Gasteiger partial charge < -0.3 is 5.32 Å². The minimum Gasteiger partial charge on any atom is -0.354 e. The lowest BCUT2D eigenvalue weighted by Crippen LogP contribution is -2.55. The van der Waals surface area contributed by atoms with Crippen molar-refractivity contribution in [1.82, 2.24) is 10.2 Å². The first-order valence-corrected chi connectivity index (χ1v) is 10.7. The van der Waals surface area contributed by atoms with E-state index in [1.807, 2.05) is 0 Å². The maximum atomic E-state index is 13.2. The van der Waals surface area contributed by atoms with E-state index in [9.17, 15) is 4.79 Å². The average molecular weight is 353 g/mol. The van der Waals surface area contributed by atoms with Crippen LogP contribution in [0, 0.1) is 23.2 Å². The minimum atomic E-state index is -0.0109. The molecule has 4 aliphatic carbocycles. The molecule has 0 saturated heterocycles. The average Bonchev–Trinajstić information content (AvgIpc) is 2.64. The summed E-state index contributed by atoms with van der Waals surface area (Å²) in [4.78, 5) is 15.7. The van der Waals surface area contributed by atoms with Crippen LogP contribution < -0.4 is 5.32 Å². The molecule has 140 valence electrons. The van der Waals surface area contributed by atoms with Gasteiger partial charge in [-0.25, -0.2) is 0 Å². The van der Waals surface area contributed by atoms with Crippen LogP contribution >= 0.6 is 0 Å². The third-order valence-electron chi connectivity index (χ3n) is 7.86. The normalized spacial score (nSPS) is 36.6. The topological polar surface area (TPSA) is 32.3 Å². The van der Waals surface area contributed by atoms with Crippen molar-refractivity contribution in [2.24, 2.45) is 23.2 Å². The van der Waals surface area contributed by atoms with Crippen molar-refractivity contribution < 1.29 is 4.79 Å². The number of amides is 1. The highest BCUT2D eigenvalue weighted by molar-refractivity contribution is 5.83. The molecule has 6 rings (SSSR count). The molecular weight excluding hydrogens is 320 g/mol. The molecule has 4 saturated carbocycles. The summed E-state index contributed by atoms with van der Waals surface area (Å²) in [5, 5.41) is 3.38. The lowest BCUT2D eigenvalue weighted by molar-refractivity contribution is -0.146. The number of hydrogen-bond acceptors (Lipinski definition) is 2. The van der Waals surface area contributed by atoms with Crippen LogP contribution in [0.25, 0.3) is 0 Å². The summed E-state index contributed by atoms with van der Waals surface area (Å²) < 4.78 is 0. The van der Waals surface area contributed by atoms with E-state index >= 15 is 0 Å². The van der Waals surface area contributed by atoms with Crippen LogP contribution in [0.4, 0.5) is 0 Å². The maximum Gasteiger partial charge on any atom is 0.226 e. The van der Waals surface area contributed by atoms with E-state index < -0.39 is 0 Å². The quantitative estimate of drug-likeness (QED) is 0.895. The van der Waals surface area contributed by atoms with Gasteiger partial charge in [0.2, 0.25) is 5.91 Å². The SMILES string of the molecule is CC(CNC(=O)C12CC3CC(CC(C3)C1)C2)N1CCc2ccccc2C1. The fourth-order valence-corrected chi connectivity index (χ4v) is 6.84. The molecule has 1 heterocycles. The zero-order chi connectivity index (χ0) is 17.7. The number of rotatable bonds is 4. The zero-order valence-corrected chi connectivity index (χ0v) is 16.0. The molecule has 3 heteroatoms. The van der Waals surface area contributed by atoms with Gasteiger partial charge in [-0.2, -0.15) is 0 Å². The standard InChI is InChI=1S/C23H32N2O/c1-16(25-7-6-20-4-2-3-5-21(20)15-25)14-24-22(26)23-11-17-8-18(12-23)10-19(9-17)13-23/h2-5,16-19H,6-15H2,1H3,(H,24,26). The van der Waals surface area contributed by atoms with Gasteiger partial charge in [0.1, 0.15) is 0 Å². The number of fused-ring (bicyclic) bond motifs is 1. The molecular formula is C23H32N2O. The Morgan fingerprint density at radius 1 is 1.12 bits per heavy atom. The molecule has 1 aromatic rings. The Morgan fingerprint density at radius 2 is 1.73 bits per heavy atom. The highest BCUT2D eigenvalue weighted by Gasteiger charge is 2.54. The van der Waals surface area contributed by atoms with Gasteiger partial charge in [0.25, 0.3) is 0 Å². The Hall–Kier alpha value is -1.35. The molecule has 26 heavy (non-hydrogen) atoms. The lowest BCUT2D eigenvalue weighted by atomic mass is 9.49. The smallest absolute Gasteiger partial charge is 0.226 e. The third-order valence-corrected chi connectivity index (χ3v) is 7.86. The summed E-state index contributed by atoms with van der Waals surface area (Å²) in [5.41, 5.74) is 2.94. The van der Waals surface area contributed by atoms with Crippen molar-refractivity contribution in [3.8, 4) is 0 Å². The number of nitrogens with one attached hydrogen (secondary N) is 1. The largest absolute Gasteiger partial charge is 0.354 e. The molecule has 1 unspecified atom stereocenters. The van der Waals surface area contributed by atoms with Gasteiger partial charge in [-0.05, 0) is 80.8 Å². The third kappa shape index (κ3) is 2.89. The van der Waals surface area contributed by atoms with Gasteiger partial charge >= 0.3 is 0 Å². The summed E-state index contributed by atoms with van der Waals surface area (Å²) in [7, 11) is 0. The van der Waals surface area contributed by atoms with Crippen LogP contribution in [-0.2, 0) is 17.8 Å². The Labute approximate surface area is 157 Å². The van der Waals surface area contributed by atoms with Gasteiger partial charge in [0.15, 0.2) is 0 Å². The lowest BCUT2D eigenvalue weighted by Gasteiger charge is -2.55. The molecule has 5 aliphatic rings. The van der Waals surface area contributed by atoms with Crippen LogP contribution in [0.15, 0.2) is 24.3 Å². The Bertz CT molecular complexity index is 662. The molecule has 3 nitrogen and oxygen atoms in total. The first-order valence-electron chi connectivity index (χ1n) is 10.7. The summed E-state index contributed by atoms with van der Waals surface area (Å²) >= 11 is 0. The van der Waals surface area contributed by atoms with E-state index in [0.29, 0.717) is 11.9 Å². The van der Waals surface area contributed by atoms with Gasteiger partial charge in [0.05, 0.1) is 0 Å². The first-order chi connectivity index (χ1) is 12.6. The monoisotopic (exact) mass is 352 g/mol. The van der Waals surface area contributed by atoms with Crippen molar-refractivity contribution in [2.75, 3.05) is 13.1 Å². The van der Waals surface area contributed by atoms with Gasteiger partial charge in [0, 0.05) is 31.1 Å². The number of carbonyl (C=O) groups excluding carboxylic acids is 1. The van der Waals surface area contributed by atoms with E-state index in [-0.39, 0.29) is 5.41 Å². The molecule has 0 radical (unpaired) electrons. The van der Waals surface area contributed by atoms with E-state index in [2.05, 4.69) is 41.4 Å². The zero-order valence-electron chi connectivity index (χ0n) is 16.0. The van der Waals surface area contributed by atoms with Crippen molar-refractivity contribution in [1.29, 1.82) is 0 Å². The fourth-order valence-electron chi connectivity index (χ4n) is 6.84. The highest BCUT2D eigenvalue weighted by atomic mass is 16.2. The minimum absolute atomic E-state index is 0.0109. The van der Waals surface area contributed by atoms with E-state index in [1.165, 1.54) is 30.4 Å². The summed E-state index contributed by atoms with van der Waals surface area (Å²) in [6, 6.07) is 9.20. The maximum absolute atomic E-state index is 13.2. The van der Waals surface area contributed by atoms with Crippen LogP contribution in [0.2, 0.25) is 0 Å². The van der Waals surface area contributed by atoms with Crippen LogP contribution in [0.1, 0.15) is 56.6 Å². The van der Waals surface area contributed by atoms with Crippen LogP contribution in [0.5, 0.6) is 0 Å². The number of nitrogens with zero attached hydrogens (tertiary/aromatic N) is 1. The van der Waals surface area contributed by atoms with E-state index in [1.54, 1.807) is 0 Å². The molecule has 1 aromatic carbocycles. The highest BCUT2D eigenvalue weighted by Crippen LogP contribution is 2.60. The molecule has 4 bridgehead atoms. The summed E-state index contributed by atoms with van der Waals surface area (Å²) in [5.74, 6) is 2.88. The molecule has 1 amide bonds. The van der Waals surface area contributed by atoms with Crippen molar-refractivity contribution in [3.63, 3.8) is 0 Å². The van der Waals surface area contributed by atoms with Crippen molar-refractivity contribution in [3.05, 3.63) is 35.4 Å². The van der Waals surface area contributed by atoms with Crippen molar-refractivity contribution >= 4 is 5.91 Å². The second kappa shape index (κ2) is 6.37. The van der Waals surface area contributed by atoms with Crippen LogP contribution in [-0.4, -0.2) is 29.9 Å². The van der Waals surface area contributed by atoms with Crippen molar-refractivity contribution in [2.45, 2.75) is 64.5 Å². The summed E-state index contributed by atoms with van der Waals surface area (Å²) in [6.07, 6.45) is 8.81. The Morgan fingerprint density at radius 3 is 2.38 bits per heavy atom. The first kappa shape index (κ1) is 16.8. The second-order valence-electron chi connectivity index (χ2n) is 9.75. The van der Waals surface area contributed by atoms with E-state index in [0.717, 1.165) is 63.1 Å². The van der Waals surface area contributed by atoms with Crippen LogP contribution in [0.3, 0.4) is 0 Å². The van der Waals surface area contributed by atoms with Gasteiger partial charge in [-0.15, -0.1) is 0 Å². The summed E-state index contributed by atoms with van der Waals surface area (Å²) in [6.45, 7) is 5.19. The van der Waals surface area contributed by atoms with E-state index in [4.69, 9.17) is 0 Å². The second-order valence-corrected chi connectivity index (χ2v) is 9.75. The Kier molecular flexibility index (Phi) is 4.11.